The van der Waals surface area contributed by atoms with Gasteiger partial charge in [0, 0.05) is 25.9 Å². The zero-order valence-corrected chi connectivity index (χ0v) is 10.2. The first-order chi connectivity index (χ1) is 8.66. The predicted octanol–water partition coefficient (Wildman–Crippen LogP) is 1.54. The maximum absolute atomic E-state index is 12.0. The average molecular weight is 251 g/mol. The minimum atomic E-state index is -0.807. The van der Waals surface area contributed by atoms with Crippen LogP contribution in [0.25, 0.3) is 0 Å². The number of carboxylic acids is 1. The summed E-state index contributed by atoms with van der Waals surface area (Å²) in [7, 11) is 0. The van der Waals surface area contributed by atoms with Gasteiger partial charge in [-0.15, -0.1) is 0 Å². The lowest BCUT2D eigenvalue weighted by molar-refractivity contribution is -0.145. The summed E-state index contributed by atoms with van der Waals surface area (Å²) in [5, 5.41) is 8.96. The van der Waals surface area contributed by atoms with Gasteiger partial charge in [0.15, 0.2) is 0 Å². The van der Waals surface area contributed by atoms with Gasteiger partial charge in [-0.1, -0.05) is 0 Å². The van der Waals surface area contributed by atoms with Crippen LogP contribution < -0.4 is 0 Å². The molecular weight excluding hydrogens is 234 g/mol. The minimum Gasteiger partial charge on any atom is -0.481 e. The Morgan fingerprint density at radius 1 is 1.50 bits per heavy atom. The Morgan fingerprint density at radius 3 is 3.00 bits per heavy atom. The van der Waals surface area contributed by atoms with Crippen molar-refractivity contribution in [3.05, 3.63) is 24.2 Å². The second-order valence-corrected chi connectivity index (χ2v) is 4.60. The van der Waals surface area contributed by atoms with Gasteiger partial charge in [-0.25, -0.2) is 0 Å². The first-order valence-corrected chi connectivity index (χ1v) is 6.20. The molecule has 1 aromatic rings. The SMILES string of the molecule is O=C(O)C1CCCN(C(=O)CCc2ccco2)C1. The molecule has 2 heterocycles. The number of rotatable bonds is 4. The third-order valence-corrected chi connectivity index (χ3v) is 3.29. The van der Waals surface area contributed by atoms with Crippen LogP contribution in [-0.4, -0.2) is 35.0 Å². The van der Waals surface area contributed by atoms with Gasteiger partial charge in [0.2, 0.25) is 5.91 Å². The first kappa shape index (κ1) is 12.7. The highest BCUT2D eigenvalue weighted by molar-refractivity contribution is 5.78. The van der Waals surface area contributed by atoms with Crippen LogP contribution in [0.3, 0.4) is 0 Å². The van der Waals surface area contributed by atoms with E-state index >= 15 is 0 Å². The average Bonchev–Trinajstić information content (AvgIpc) is 2.89. The van der Waals surface area contributed by atoms with Crippen molar-refractivity contribution in [2.75, 3.05) is 13.1 Å². The molecule has 0 aliphatic carbocycles. The molecule has 0 bridgehead atoms. The first-order valence-electron chi connectivity index (χ1n) is 6.20. The molecule has 98 valence electrons. The highest BCUT2D eigenvalue weighted by atomic mass is 16.4. The number of aliphatic carboxylic acids is 1. The fraction of sp³-hybridized carbons (Fsp3) is 0.538. The summed E-state index contributed by atoms with van der Waals surface area (Å²) in [6, 6.07) is 3.63. The summed E-state index contributed by atoms with van der Waals surface area (Å²) >= 11 is 0. The van der Waals surface area contributed by atoms with Crippen LogP contribution >= 0.6 is 0 Å². The number of amides is 1. The van der Waals surface area contributed by atoms with E-state index in [2.05, 4.69) is 0 Å². The molecular formula is C13H17NO4. The Balaban J connectivity index is 1.83. The number of piperidine rings is 1. The minimum absolute atomic E-state index is 0.0114. The van der Waals surface area contributed by atoms with E-state index in [1.165, 1.54) is 0 Å². The lowest BCUT2D eigenvalue weighted by Gasteiger charge is -2.30. The van der Waals surface area contributed by atoms with Crippen LogP contribution in [0.4, 0.5) is 0 Å². The molecule has 18 heavy (non-hydrogen) atoms. The van der Waals surface area contributed by atoms with Crippen LogP contribution in [0.5, 0.6) is 0 Å². The molecule has 0 radical (unpaired) electrons. The van der Waals surface area contributed by atoms with E-state index in [0.29, 0.717) is 32.4 Å². The normalized spacial score (nSPS) is 19.8. The lowest BCUT2D eigenvalue weighted by Crippen LogP contribution is -2.42. The summed E-state index contributed by atoms with van der Waals surface area (Å²) < 4.78 is 5.17. The standard InChI is InChI=1S/C13H17NO4/c15-12(6-5-11-4-2-8-18-11)14-7-1-3-10(9-14)13(16)17/h2,4,8,10H,1,3,5-7,9H2,(H,16,17). The van der Waals surface area contributed by atoms with Crippen molar-refractivity contribution in [2.24, 2.45) is 5.92 Å². The molecule has 1 N–H and O–H groups in total. The number of nitrogens with zero attached hydrogens (tertiary/aromatic N) is 1. The molecule has 1 aliphatic heterocycles. The monoisotopic (exact) mass is 251 g/mol. The van der Waals surface area contributed by atoms with E-state index in [4.69, 9.17) is 9.52 Å². The number of furan rings is 1. The Morgan fingerprint density at radius 2 is 2.33 bits per heavy atom. The quantitative estimate of drug-likeness (QED) is 0.881. The largest absolute Gasteiger partial charge is 0.481 e. The molecule has 0 spiro atoms. The number of likely N-dealkylation sites (tertiary alicyclic amines) is 1. The lowest BCUT2D eigenvalue weighted by atomic mass is 9.98. The van der Waals surface area contributed by atoms with Gasteiger partial charge in [-0.2, -0.15) is 0 Å². The molecule has 1 unspecified atom stereocenters. The van der Waals surface area contributed by atoms with Gasteiger partial charge in [-0.3, -0.25) is 9.59 Å². The molecule has 1 atom stereocenters. The van der Waals surface area contributed by atoms with Crippen molar-refractivity contribution in [3.8, 4) is 0 Å². The van der Waals surface area contributed by atoms with E-state index in [0.717, 1.165) is 12.2 Å². The molecule has 0 saturated carbocycles. The topological polar surface area (TPSA) is 70.8 Å². The van der Waals surface area contributed by atoms with Crippen molar-refractivity contribution < 1.29 is 19.1 Å². The molecule has 1 amide bonds. The highest BCUT2D eigenvalue weighted by Crippen LogP contribution is 2.18. The van der Waals surface area contributed by atoms with Gasteiger partial charge in [0.05, 0.1) is 12.2 Å². The summed E-state index contributed by atoms with van der Waals surface area (Å²) in [4.78, 5) is 24.5. The van der Waals surface area contributed by atoms with Gasteiger partial charge in [0.25, 0.3) is 0 Å². The number of aryl methyl sites for hydroxylation is 1. The molecule has 1 saturated heterocycles. The van der Waals surface area contributed by atoms with E-state index in [-0.39, 0.29) is 5.91 Å². The van der Waals surface area contributed by atoms with Crippen LogP contribution in [0, 0.1) is 5.92 Å². The van der Waals surface area contributed by atoms with Gasteiger partial charge < -0.3 is 14.4 Å². The highest BCUT2D eigenvalue weighted by Gasteiger charge is 2.27. The summed E-state index contributed by atoms with van der Waals surface area (Å²) in [6.07, 6.45) is 3.96. The molecule has 1 aromatic heterocycles. The predicted molar refractivity (Wildman–Crippen MR) is 64.0 cm³/mol. The van der Waals surface area contributed by atoms with Crippen molar-refractivity contribution in [1.29, 1.82) is 0 Å². The summed E-state index contributed by atoms with van der Waals surface area (Å²) in [5.74, 6) is -0.419. The molecule has 2 rings (SSSR count). The zero-order chi connectivity index (χ0) is 13.0. The van der Waals surface area contributed by atoms with E-state index < -0.39 is 11.9 Å². The smallest absolute Gasteiger partial charge is 0.308 e. The van der Waals surface area contributed by atoms with E-state index in [9.17, 15) is 9.59 Å². The fourth-order valence-electron chi connectivity index (χ4n) is 2.25. The number of carbonyl (C=O) groups excluding carboxylic acids is 1. The molecule has 0 aromatic carbocycles. The number of hydrogen-bond acceptors (Lipinski definition) is 3. The summed E-state index contributed by atoms with van der Waals surface area (Å²) in [6.45, 7) is 1.01. The Labute approximate surface area is 105 Å². The van der Waals surface area contributed by atoms with Crippen molar-refractivity contribution in [3.63, 3.8) is 0 Å². The Bertz CT molecular complexity index is 413. The van der Waals surface area contributed by atoms with E-state index in [1.807, 2.05) is 6.07 Å². The maximum Gasteiger partial charge on any atom is 0.308 e. The number of hydrogen-bond donors (Lipinski definition) is 1. The van der Waals surface area contributed by atoms with Gasteiger partial charge in [-0.05, 0) is 25.0 Å². The van der Waals surface area contributed by atoms with Crippen molar-refractivity contribution >= 4 is 11.9 Å². The van der Waals surface area contributed by atoms with Gasteiger partial charge >= 0.3 is 5.97 Å². The Hall–Kier alpha value is -1.78. The van der Waals surface area contributed by atoms with Crippen LogP contribution in [0.2, 0.25) is 0 Å². The molecule has 1 fully saturated rings. The molecule has 5 heteroatoms. The van der Waals surface area contributed by atoms with Crippen LogP contribution in [0.1, 0.15) is 25.0 Å². The maximum atomic E-state index is 12.0. The second kappa shape index (κ2) is 5.71. The molecule has 5 nitrogen and oxygen atoms in total. The summed E-state index contributed by atoms with van der Waals surface area (Å²) in [5.41, 5.74) is 0. The third-order valence-electron chi connectivity index (χ3n) is 3.29. The number of carbonyl (C=O) groups is 2. The van der Waals surface area contributed by atoms with Crippen LogP contribution in [-0.2, 0) is 16.0 Å². The van der Waals surface area contributed by atoms with Crippen molar-refractivity contribution in [1.82, 2.24) is 4.90 Å². The van der Waals surface area contributed by atoms with E-state index in [1.54, 1.807) is 17.2 Å². The fourth-order valence-corrected chi connectivity index (χ4v) is 2.25. The number of carboxylic acid groups (broad SMARTS) is 1. The van der Waals surface area contributed by atoms with Crippen LogP contribution in [0.15, 0.2) is 22.8 Å². The zero-order valence-electron chi connectivity index (χ0n) is 10.2. The molecule has 1 aliphatic rings. The van der Waals surface area contributed by atoms with Crippen molar-refractivity contribution in [2.45, 2.75) is 25.7 Å². The Kier molecular flexibility index (Phi) is 4.02. The second-order valence-electron chi connectivity index (χ2n) is 4.60. The third kappa shape index (κ3) is 3.12. The van der Waals surface area contributed by atoms with Gasteiger partial charge in [0.1, 0.15) is 5.76 Å².